The zero-order valence-corrected chi connectivity index (χ0v) is 13.6. The van der Waals surface area contributed by atoms with E-state index in [1.165, 1.54) is 6.33 Å². The van der Waals surface area contributed by atoms with Crippen LogP contribution in [0.1, 0.15) is 12.7 Å². The fourth-order valence-electron chi connectivity index (χ4n) is 1.60. The number of hydrogen-bond donors (Lipinski definition) is 2. The highest BCUT2D eigenvalue weighted by molar-refractivity contribution is 14.0. The summed E-state index contributed by atoms with van der Waals surface area (Å²) in [6.07, 6.45) is 1.42. The molecule has 1 heterocycles. The predicted molar refractivity (Wildman–Crippen MR) is 86.4 cm³/mol. The molecule has 0 radical (unpaired) electrons. The Morgan fingerprint density at radius 2 is 2.19 bits per heavy atom. The van der Waals surface area contributed by atoms with Gasteiger partial charge in [0, 0.05) is 12.6 Å². The van der Waals surface area contributed by atoms with Crippen LogP contribution in [0.25, 0.3) is 0 Å². The van der Waals surface area contributed by atoms with Crippen molar-refractivity contribution in [3.63, 3.8) is 0 Å². The first-order chi connectivity index (χ1) is 9.60. The maximum absolute atomic E-state index is 13.4. The first-order valence-corrected chi connectivity index (χ1v) is 5.99. The van der Waals surface area contributed by atoms with Crippen molar-refractivity contribution in [1.82, 2.24) is 14.8 Å². The Bertz CT molecular complexity index is 628. The summed E-state index contributed by atoms with van der Waals surface area (Å²) in [6.45, 7) is 2.78. The quantitative estimate of drug-likeness (QED) is 0.462. The van der Waals surface area contributed by atoms with Crippen molar-refractivity contribution >= 4 is 35.6 Å². The summed E-state index contributed by atoms with van der Waals surface area (Å²) in [5, 5.41) is 6.49. The van der Waals surface area contributed by atoms with Crippen LogP contribution in [0.15, 0.2) is 29.5 Å². The largest absolute Gasteiger partial charge is 0.370 e. The van der Waals surface area contributed by atoms with E-state index in [1.54, 1.807) is 4.68 Å². The molecule has 0 bridgehead atoms. The molecule has 6 nitrogen and oxygen atoms in total. The molecule has 3 N–H and O–H groups in total. The summed E-state index contributed by atoms with van der Waals surface area (Å²) in [6, 6.07) is 3.04. The van der Waals surface area contributed by atoms with E-state index in [0.717, 1.165) is 18.2 Å². The third-order valence-corrected chi connectivity index (χ3v) is 2.58. The smallest absolute Gasteiger partial charge is 0.193 e. The minimum absolute atomic E-state index is 0. The van der Waals surface area contributed by atoms with E-state index in [9.17, 15) is 8.78 Å². The fourth-order valence-corrected chi connectivity index (χ4v) is 1.60. The van der Waals surface area contributed by atoms with E-state index in [-0.39, 0.29) is 42.2 Å². The van der Waals surface area contributed by atoms with Crippen LogP contribution in [0, 0.1) is 11.6 Å². The van der Waals surface area contributed by atoms with Crippen LogP contribution in [0.3, 0.4) is 0 Å². The van der Waals surface area contributed by atoms with Crippen LogP contribution in [0.2, 0.25) is 0 Å². The van der Waals surface area contributed by atoms with Crippen molar-refractivity contribution in [2.24, 2.45) is 10.7 Å². The van der Waals surface area contributed by atoms with E-state index in [1.807, 2.05) is 6.92 Å². The van der Waals surface area contributed by atoms with Gasteiger partial charge in [-0.05, 0) is 19.1 Å². The molecule has 0 saturated heterocycles. The number of benzene rings is 1. The second-order valence-corrected chi connectivity index (χ2v) is 3.94. The number of anilines is 1. The molecule has 2 rings (SSSR count). The molecule has 114 valence electrons. The van der Waals surface area contributed by atoms with Crippen molar-refractivity contribution < 1.29 is 8.78 Å². The molecular weight excluding hydrogens is 393 g/mol. The Morgan fingerprint density at radius 3 is 2.90 bits per heavy atom. The van der Waals surface area contributed by atoms with Crippen LogP contribution in [0.4, 0.5) is 14.5 Å². The number of aromatic nitrogens is 3. The van der Waals surface area contributed by atoms with E-state index in [4.69, 9.17) is 5.73 Å². The average Bonchev–Trinajstić information content (AvgIpc) is 2.88. The summed E-state index contributed by atoms with van der Waals surface area (Å²) in [7, 11) is 0. The highest BCUT2D eigenvalue weighted by Gasteiger charge is 2.05. The molecule has 0 unspecified atom stereocenters. The van der Waals surface area contributed by atoms with E-state index < -0.39 is 11.6 Å². The first-order valence-electron chi connectivity index (χ1n) is 5.99. The van der Waals surface area contributed by atoms with Crippen molar-refractivity contribution in [3.8, 4) is 0 Å². The number of nitrogens with zero attached hydrogens (tertiary/aromatic N) is 4. The molecule has 0 aliphatic rings. The lowest BCUT2D eigenvalue weighted by Crippen LogP contribution is -2.23. The maximum Gasteiger partial charge on any atom is 0.193 e. The zero-order valence-electron chi connectivity index (χ0n) is 11.3. The molecule has 1 aromatic carbocycles. The van der Waals surface area contributed by atoms with Gasteiger partial charge in [0.05, 0.1) is 5.69 Å². The predicted octanol–water partition coefficient (Wildman–Crippen LogP) is 2.12. The van der Waals surface area contributed by atoms with Crippen molar-refractivity contribution in [2.45, 2.75) is 20.0 Å². The topological polar surface area (TPSA) is 81.1 Å². The monoisotopic (exact) mass is 408 g/mol. The van der Waals surface area contributed by atoms with Crippen LogP contribution in [-0.4, -0.2) is 20.7 Å². The maximum atomic E-state index is 13.4. The lowest BCUT2D eigenvalue weighted by atomic mass is 10.3. The molecule has 0 aliphatic carbocycles. The standard InChI is InChI=1S/C12H14F2N6.HI/c1-2-20-11(17-7-18-20)6-16-12(15)19-10-5-8(13)3-4-9(10)14;/h3-5,7H,2,6H2,1H3,(H3,15,16,19);1H. The third kappa shape index (κ3) is 4.62. The van der Waals surface area contributed by atoms with Gasteiger partial charge in [-0.3, -0.25) is 0 Å². The average molecular weight is 408 g/mol. The number of rotatable bonds is 4. The van der Waals surface area contributed by atoms with Gasteiger partial charge in [0.15, 0.2) is 5.96 Å². The minimum Gasteiger partial charge on any atom is -0.370 e. The number of nitrogens with two attached hydrogens (primary N) is 1. The second-order valence-electron chi connectivity index (χ2n) is 3.94. The summed E-state index contributed by atoms with van der Waals surface area (Å²) in [5.74, 6) is -0.564. The molecule has 0 amide bonds. The van der Waals surface area contributed by atoms with Crippen molar-refractivity contribution in [1.29, 1.82) is 0 Å². The number of nitrogens with one attached hydrogen (secondary N) is 1. The number of guanidine groups is 1. The van der Waals surface area contributed by atoms with Gasteiger partial charge in [0.1, 0.15) is 30.3 Å². The number of aliphatic imine (C=N–C) groups is 1. The Labute approximate surface area is 137 Å². The molecule has 0 spiro atoms. The highest BCUT2D eigenvalue weighted by Crippen LogP contribution is 2.14. The first kappa shape index (κ1) is 17.3. The van der Waals surface area contributed by atoms with Crippen molar-refractivity contribution in [2.75, 3.05) is 5.32 Å². The number of aryl methyl sites for hydroxylation is 1. The van der Waals surface area contributed by atoms with Crippen LogP contribution in [0.5, 0.6) is 0 Å². The lowest BCUT2D eigenvalue weighted by molar-refractivity contribution is 0.603. The molecule has 1 aromatic heterocycles. The van der Waals surface area contributed by atoms with E-state index >= 15 is 0 Å². The van der Waals surface area contributed by atoms with Gasteiger partial charge < -0.3 is 11.1 Å². The van der Waals surface area contributed by atoms with Crippen LogP contribution in [-0.2, 0) is 13.1 Å². The van der Waals surface area contributed by atoms with Gasteiger partial charge in [-0.15, -0.1) is 24.0 Å². The minimum atomic E-state index is -0.610. The highest BCUT2D eigenvalue weighted by atomic mass is 127. The molecule has 0 aliphatic heterocycles. The normalized spacial score (nSPS) is 11.1. The number of halogens is 3. The molecular formula is C12H15F2IN6. The van der Waals surface area contributed by atoms with E-state index in [2.05, 4.69) is 20.4 Å². The molecule has 0 atom stereocenters. The summed E-state index contributed by atoms with van der Waals surface area (Å²) in [5.41, 5.74) is 5.56. The molecule has 2 aromatic rings. The van der Waals surface area contributed by atoms with Gasteiger partial charge in [-0.1, -0.05) is 0 Å². The Kier molecular flexibility index (Phi) is 6.46. The SMILES string of the molecule is CCn1ncnc1CN=C(N)Nc1cc(F)ccc1F.I. The van der Waals surface area contributed by atoms with Crippen LogP contribution < -0.4 is 11.1 Å². The molecule has 9 heteroatoms. The van der Waals surface area contributed by atoms with Crippen molar-refractivity contribution in [3.05, 3.63) is 42.0 Å². The van der Waals surface area contributed by atoms with Gasteiger partial charge in [0.2, 0.25) is 0 Å². The van der Waals surface area contributed by atoms with E-state index in [0.29, 0.717) is 12.4 Å². The fraction of sp³-hybridized carbons (Fsp3) is 0.250. The number of hydrogen-bond acceptors (Lipinski definition) is 3. The summed E-state index contributed by atoms with van der Waals surface area (Å²) >= 11 is 0. The van der Waals surface area contributed by atoms with Gasteiger partial charge in [0.25, 0.3) is 0 Å². The Morgan fingerprint density at radius 1 is 1.43 bits per heavy atom. The molecule has 21 heavy (non-hydrogen) atoms. The lowest BCUT2D eigenvalue weighted by Gasteiger charge is -2.07. The summed E-state index contributed by atoms with van der Waals surface area (Å²) < 4.78 is 28.1. The molecule has 0 saturated carbocycles. The van der Waals surface area contributed by atoms with Gasteiger partial charge in [-0.25, -0.2) is 23.4 Å². The molecule has 0 fully saturated rings. The Hall–Kier alpha value is -1.78. The third-order valence-electron chi connectivity index (χ3n) is 2.58. The van der Waals surface area contributed by atoms with Crippen LogP contribution >= 0.6 is 24.0 Å². The second kappa shape index (κ2) is 7.86. The Balaban J connectivity index is 0.00000220. The van der Waals surface area contributed by atoms with Gasteiger partial charge >= 0.3 is 0 Å². The zero-order chi connectivity index (χ0) is 14.5. The summed E-state index contributed by atoms with van der Waals surface area (Å²) in [4.78, 5) is 8.04. The van der Waals surface area contributed by atoms with Gasteiger partial charge in [-0.2, -0.15) is 5.10 Å².